The van der Waals surface area contributed by atoms with Gasteiger partial charge < -0.3 is 9.32 Å². The molecule has 0 bridgehead atoms. The lowest BCUT2D eigenvalue weighted by Crippen LogP contribution is -2.24. The van der Waals surface area contributed by atoms with E-state index >= 15 is 0 Å². The van der Waals surface area contributed by atoms with Crippen molar-refractivity contribution in [3.05, 3.63) is 72.5 Å². The Labute approximate surface area is 162 Å². The number of anilines is 1. The second kappa shape index (κ2) is 10.2. The summed E-state index contributed by atoms with van der Waals surface area (Å²) in [5, 5.41) is 9.32. The Morgan fingerprint density at radius 1 is 1.11 bits per heavy atom. The van der Waals surface area contributed by atoms with E-state index in [1.807, 2.05) is 31.2 Å². The third-order valence-electron chi connectivity index (χ3n) is 4.32. The van der Waals surface area contributed by atoms with Crippen molar-refractivity contribution in [1.82, 2.24) is 0 Å². The summed E-state index contributed by atoms with van der Waals surface area (Å²) in [5.74, 6) is 1.46. The molecule has 27 heavy (non-hydrogen) atoms. The van der Waals surface area contributed by atoms with Crippen LogP contribution in [0.4, 0.5) is 5.69 Å². The minimum absolute atomic E-state index is 0.499. The van der Waals surface area contributed by atoms with Gasteiger partial charge in [-0.25, -0.2) is 0 Å². The van der Waals surface area contributed by atoms with Crippen molar-refractivity contribution in [2.24, 2.45) is 0 Å². The van der Waals surface area contributed by atoms with Crippen LogP contribution in [0.15, 0.2) is 71.2 Å². The lowest BCUT2D eigenvalue weighted by atomic mass is 10.1. The van der Waals surface area contributed by atoms with Gasteiger partial charge in [0.15, 0.2) is 0 Å². The Bertz CT molecular complexity index is 841. The molecule has 2 rings (SSSR count). The van der Waals surface area contributed by atoms with E-state index in [-0.39, 0.29) is 0 Å². The Balaban J connectivity index is 2.32. The third-order valence-corrected chi connectivity index (χ3v) is 4.32. The average molecular weight is 361 g/mol. The molecule has 1 aromatic carbocycles. The zero-order valence-electron chi connectivity index (χ0n) is 16.5. The fraction of sp³-hybridized carbons (Fsp3) is 0.292. The molecule has 0 spiro atoms. The van der Waals surface area contributed by atoms with Crippen LogP contribution < -0.4 is 4.90 Å². The minimum Gasteiger partial charge on any atom is -0.456 e. The van der Waals surface area contributed by atoms with Crippen LogP contribution in [-0.2, 0) is 0 Å². The number of allylic oxidation sites excluding steroid dienone is 5. The molecule has 0 radical (unpaired) electrons. The maximum atomic E-state index is 9.32. The topological polar surface area (TPSA) is 40.2 Å². The molecule has 1 heterocycles. The zero-order valence-corrected chi connectivity index (χ0v) is 16.5. The first-order chi connectivity index (χ1) is 13.2. The summed E-state index contributed by atoms with van der Waals surface area (Å²) in [6, 6.07) is 14.5. The van der Waals surface area contributed by atoms with Crippen molar-refractivity contribution in [2.75, 3.05) is 18.0 Å². The molecule has 0 atom stereocenters. The van der Waals surface area contributed by atoms with Crippen LogP contribution in [-0.4, -0.2) is 13.1 Å². The average Bonchev–Trinajstić information content (AvgIpc) is 3.18. The fourth-order valence-corrected chi connectivity index (χ4v) is 3.07. The van der Waals surface area contributed by atoms with E-state index in [2.05, 4.69) is 55.7 Å². The molecular formula is C24H28N2O. The zero-order chi connectivity index (χ0) is 19.6. The molecule has 140 valence electrons. The third kappa shape index (κ3) is 5.01. The Morgan fingerprint density at radius 2 is 1.78 bits per heavy atom. The molecule has 3 nitrogen and oxygen atoms in total. The van der Waals surface area contributed by atoms with Crippen molar-refractivity contribution in [1.29, 1.82) is 5.26 Å². The lowest BCUT2D eigenvalue weighted by molar-refractivity contribution is 0.568. The molecule has 0 N–H and O–H groups in total. The highest BCUT2D eigenvalue weighted by Gasteiger charge is 2.11. The van der Waals surface area contributed by atoms with E-state index in [1.54, 1.807) is 6.08 Å². The van der Waals surface area contributed by atoms with Crippen LogP contribution in [0.2, 0.25) is 0 Å². The predicted octanol–water partition coefficient (Wildman–Crippen LogP) is 6.61. The van der Waals surface area contributed by atoms with E-state index in [0.717, 1.165) is 42.8 Å². The van der Waals surface area contributed by atoms with Crippen molar-refractivity contribution in [2.45, 2.75) is 33.6 Å². The van der Waals surface area contributed by atoms with Gasteiger partial charge in [0, 0.05) is 29.9 Å². The number of benzene rings is 1. The maximum absolute atomic E-state index is 9.32. The number of rotatable bonds is 9. The first-order valence-corrected chi connectivity index (χ1v) is 9.53. The number of nitriles is 1. The van der Waals surface area contributed by atoms with Gasteiger partial charge in [0.1, 0.15) is 11.5 Å². The van der Waals surface area contributed by atoms with Crippen LogP contribution in [0.3, 0.4) is 0 Å². The van der Waals surface area contributed by atoms with Crippen molar-refractivity contribution < 1.29 is 4.42 Å². The number of hydrogen-bond donors (Lipinski definition) is 0. The van der Waals surface area contributed by atoms with E-state index in [1.165, 1.54) is 5.69 Å². The molecule has 0 aliphatic heterocycles. The summed E-state index contributed by atoms with van der Waals surface area (Å²) in [5.41, 5.74) is 3.51. The Morgan fingerprint density at radius 3 is 2.30 bits per heavy atom. The predicted molar refractivity (Wildman–Crippen MR) is 114 cm³/mol. The summed E-state index contributed by atoms with van der Waals surface area (Å²) < 4.78 is 6.04. The standard InChI is InChI=1S/C24H28N2O/c1-5-9-22(19(8-4)18-25)24-15-14-23(27-24)20-10-12-21(13-11-20)26(16-6-2)17-7-3/h5,8-15H,4,6-7,16-17H2,1-3H3/b9-5-,22-19-. The van der Waals surface area contributed by atoms with Gasteiger partial charge in [-0.05, 0) is 56.2 Å². The second-order valence-corrected chi connectivity index (χ2v) is 6.34. The molecule has 0 aliphatic rings. The van der Waals surface area contributed by atoms with Crippen LogP contribution in [0, 0.1) is 11.3 Å². The van der Waals surface area contributed by atoms with Gasteiger partial charge in [-0.1, -0.05) is 38.7 Å². The molecule has 0 saturated heterocycles. The molecule has 0 aliphatic carbocycles. The quantitative estimate of drug-likeness (QED) is 0.373. The summed E-state index contributed by atoms with van der Waals surface area (Å²) in [6.45, 7) is 12.2. The molecule has 2 aromatic rings. The summed E-state index contributed by atoms with van der Waals surface area (Å²) >= 11 is 0. The van der Waals surface area contributed by atoms with Crippen molar-refractivity contribution in [3.63, 3.8) is 0 Å². The largest absolute Gasteiger partial charge is 0.456 e. The smallest absolute Gasteiger partial charge is 0.136 e. The molecular weight excluding hydrogens is 332 g/mol. The van der Waals surface area contributed by atoms with E-state index in [4.69, 9.17) is 4.42 Å². The normalized spacial score (nSPS) is 11.9. The monoisotopic (exact) mass is 360 g/mol. The first-order valence-electron chi connectivity index (χ1n) is 9.53. The molecule has 0 saturated carbocycles. The number of hydrogen-bond acceptors (Lipinski definition) is 3. The molecule has 0 unspecified atom stereocenters. The summed E-state index contributed by atoms with van der Waals surface area (Å²) in [7, 11) is 0. The van der Waals surface area contributed by atoms with Crippen LogP contribution >= 0.6 is 0 Å². The lowest BCUT2D eigenvalue weighted by Gasteiger charge is -2.23. The van der Waals surface area contributed by atoms with Gasteiger partial charge in [-0.3, -0.25) is 0 Å². The van der Waals surface area contributed by atoms with Gasteiger partial charge >= 0.3 is 0 Å². The van der Waals surface area contributed by atoms with E-state index < -0.39 is 0 Å². The van der Waals surface area contributed by atoms with Crippen molar-refractivity contribution >= 4 is 11.3 Å². The highest BCUT2D eigenvalue weighted by molar-refractivity contribution is 5.79. The van der Waals surface area contributed by atoms with E-state index in [0.29, 0.717) is 11.3 Å². The van der Waals surface area contributed by atoms with Crippen LogP contribution in [0.5, 0.6) is 0 Å². The SMILES string of the molecule is C=C/C(C#N)=C(\C=C/C)c1ccc(-c2ccc(N(CCC)CCC)cc2)o1. The summed E-state index contributed by atoms with van der Waals surface area (Å²) in [4.78, 5) is 2.41. The van der Waals surface area contributed by atoms with E-state index in [9.17, 15) is 5.26 Å². The Kier molecular flexibility index (Phi) is 7.70. The van der Waals surface area contributed by atoms with Gasteiger partial charge in [-0.2, -0.15) is 5.26 Å². The Hall–Kier alpha value is -2.99. The molecule has 0 amide bonds. The van der Waals surface area contributed by atoms with Gasteiger partial charge in [0.05, 0.1) is 11.6 Å². The highest BCUT2D eigenvalue weighted by Crippen LogP contribution is 2.30. The van der Waals surface area contributed by atoms with Gasteiger partial charge in [0.2, 0.25) is 0 Å². The molecule has 1 aromatic heterocycles. The van der Waals surface area contributed by atoms with Gasteiger partial charge in [0.25, 0.3) is 0 Å². The summed E-state index contributed by atoms with van der Waals surface area (Å²) in [6.07, 6.45) is 7.59. The van der Waals surface area contributed by atoms with Crippen LogP contribution in [0.1, 0.15) is 39.4 Å². The second-order valence-electron chi connectivity index (χ2n) is 6.34. The number of furan rings is 1. The fourth-order valence-electron chi connectivity index (χ4n) is 3.07. The molecule has 0 fully saturated rings. The van der Waals surface area contributed by atoms with Crippen LogP contribution in [0.25, 0.3) is 16.9 Å². The van der Waals surface area contributed by atoms with Crippen molar-refractivity contribution in [3.8, 4) is 17.4 Å². The van der Waals surface area contributed by atoms with Gasteiger partial charge in [-0.15, -0.1) is 0 Å². The molecule has 3 heteroatoms. The maximum Gasteiger partial charge on any atom is 0.136 e. The minimum atomic E-state index is 0.499. The highest BCUT2D eigenvalue weighted by atomic mass is 16.3. The first kappa shape index (κ1) is 20.3. The number of nitrogens with zero attached hydrogens (tertiary/aromatic N) is 2.